The number of phenols is 2. The molecule has 0 unspecified atom stereocenters. The van der Waals surface area contributed by atoms with Gasteiger partial charge in [-0.05, 0) is 83.9 Å². The van der Waals surface area contributed by atoms with E-state index in [0.717, 1.165) is 0 Å². The Labute approximate surface area is 243 Å². The number of hydrogen-bond acceptors (Lipinski definition) is 8. The molecule has 0 aliphatic carbocycles. The lowest BCUT2D eigenvalue weighted by atomic mass is 10.1. The first-order valence-corrected chi connectivity index (χ1v) is 15.7. The summed E-state index contributed by atoms with van der Waals surface area (Å²) in [5.74, 6) is 0.231. The first-order chi connectivity index (χ1) is 20.2. The van der Waals surface area contributed by atoms with E-state index < -0.39 is 19.7 Å². The van der Waals surface area contributed by atoms with Crippen LogP contribution in [0.3, 0.4) is 0 Å². The van der Waals surface area contributed by atoms with Crippen LogP contribution in [-0.4, -0.2) is 27.0 Å². The summed E-state index contributed by atoms with van der Waals surface area (Å²) in [4.78, 5) is 0.00714. The van der Waals surface area contributed by atoms with Gasteiger partial charge in [-0.25, -0.2) is 16.8 Å². The molecule has 0 heterocycles. The van der Waals surface area contributed by atoms with E-state index in [1.807, 2.05) is 24.3 Å². The van der Waals surface area contributed by atoms with Crippen molar-refractivity contribution in [3.05, 3.63) is 132 Å². The molecular weight excluding hydrogens is 576 g/mol. The molecule has 0 spiro atoms. The van der Waals surface area contributed by atoms with E-state index in [-0.39, 0.29) is 55.8 Å². The molecule has 5 rings (SSSR count). The fourth-order valence-corrected chi connectivity index (χ4v) is 7.03. The zero-order chi connectivity index (χ0) is 29.7. The van der Waals surface area contributed by atoms with Crippen LogP contribution in [0, 0.1) is 0 Å². The standard InChI is InChI=1S/C32H26O8S2/c33-25-13-17-27(18-14-25)41(35,36)31-11-5-3-9-29(31)39-21-23-7-1-2-8-24(23)22-40-30-10-4-6-12-32(30)42(37,38)28-19-15-26(34)16-20-28/h1-20,33-34H,21-22H2. The van der Waals surface area contributed by atoms with Gasteiger partial charge in [-0.1, -0.05) is 48.5 Å². The van der Waals surface area contributed by atoms with Crippen LogP contribution in [0.2, 0.25) is 0 Å². The molecule has 0 aliphatic rings. The lowest BCUT2D eigenvalue weighted by Gasteiger charge is -2.16. The summed E-state index contributed by atoms with van der Waals surface area (Å²) in [6.07, 6.45) is 0. The lowest BCUT2D eigenvalue weighted by Crippen LogP contribution is -2.09. The van der Waals surface area contributed by atoms with Crippen LogP contribution in [0.25, 0.3) is 0 Å². The quantitative estimate of drug-likeness (QED) is 0.202. The molecule has 2 N–H and O–H groups in total. The maximum Gasteiger partial charge on any atom is 0.210 e. The van der Waals surface area contributed by atoms with Crippen LogP contribution in [-0.2, 0) is 32.9 Å². The molecule has 0 radical (unpaired) electrons. The van der Waals surface area contributed by atoms with E-state index in [4.69, 9.17) is 9.47 Å². The van der Waals surface area contributed by atoms with Crippen molar-refractivity contribution in [2.75, 3.05) is 0 Å². The number of rotatable bonds is 10. The molecule has 8 nitrogen and oxygen atoms in total. The van der Waals surface area contributed by atoms with Crippen LogP contribution in [0.1, 0.15) is 11.1 Å². The van der Waals surface area contributed by atoms with E-state index in [0.29, 0.717) is 11.1 Å². The van der Waals surface area contributed by atoms with Crippen molar-refractivity contribution in [3.8, 4) is 23.0 Å². The zero-order valence-electron chi connectivity index (χ0n) is 22.1. The molecule has 0 saturated heterocycles. The van der Waals surface area contributed by atoms with Gasteiger partial charge in [0.2, 0.25) is 19.7 Å². The molecule has 214 valence electrons. The minimum Gasteiger partial charge on any atom is -0.508 e. The van der Waals surface area contributed by atoms with Crippen molar-refractivity contribution in [2.24, 2.45) is 0 Å². The first-order valence-electron chi connectivity index (χ1n) is 12.7. The molecule has 0 saturated carbocycles. The Kier molecular flexibility index (Phi) is 8.19. The third-order valence-electron chi connectivity index (χ3n) is 6.46. The summed E-state index contributed by atoms with van der Waals surface area (Å²) in [5, 5.41) is 19.1. The van der Waals surface area contributed by atoms with Gasteiger partial charge in [0.05, 0.1) is 9.79 Å². The van der Waals surface area contributed by atoms with Gasteiger partial charge in [0, 0.05) is 0 Å². The number of hydrogen-bond donors (Lipinski definition) is 2. The van der Waals surface area contributed by atoms with E-state index in [2.05, 4.69) is 0 Å². The van der Waals surface area contributed by atoms with Crippen LogP contribution in [0.5, 0.6) is 23.0 Å². The van der Waals surface area contributed by atoms with Gasteiger partial charge in [-0.2, -0.15) is 0 Å². The van der Waals surface area contributed by atoms with E-state index >= 15 is 0 Å². The minimum absolute atomic E-state index is 0.0159. The Morgan fingerprint density at radius 1 is 0.452 bits per heavy atom. The number of sulfone groups is 2. The van der Waals surface area contributed by atoms with E-state index in [9.17, 15) is 27.0 Å². The van der Waals surface area contributed by atoms with Gasteiger partial charge in [0.1, 0.15) is 46.0 Å². The Morgan fingerprint density at radius 3 is 1.17 bits per heavy atom. The smallest absolute Gasteiger partial charge is 0.210 e. The number of para-hydroxylation sites is 2. The van der Waals surface area contributed by atoms with Gasteiger partial charge in [-0.3, -0.25) is 0 Å². The molecular formula is C32H26O8S2. The first kappa shape index (κ1) is 28.7. The summed E-state index contributed by atoms with van der Waals surface area (Å²) >= 11 is 0. The third-order valence-corrected chi connectivity index (χ3v) is 10.1. The van der Waals surface area contributed by atoms with Crippen LogP contribution >= 0.6 is 0 Å². The van der Waals surface area contributed by atoms with Crippen molar-refractivity contribution in [2.45, 2.75) is 32.8 Å². The maximum absolute atomic E-state index is 13.3. The Hall–Kier alpha value is -4.80. The van der Waals surface area contributed by atoms with Crippen molar-refractivity contribution in [1.82, 2.24) is 0 Å². The van der Waals surface area contributed by atoms with Gasteiger partial charge < -0.3 is 19.7 Å². The number of phenolic OH excluding ortho intramolecular Hbond substituents is 2. The number of ether oxygens (including phenoxy) is 2. The van der Waals surface area contributed by atoms with E-state index in [1.54, 1.807) is 36.4 Å². The highest BCUT2D eigenvalue weighted by Gasteiger charge is 2.24. The monoisotopic (exact) mass is 602 g/mol. The molecule has 0 amide bonds. The van der Waals surface area contributed by atoms with Crippen molar-refractivity contribution in [3.63, 3.8) is 0 Å². The Balaban J connectivity index is 1.36. The molecule has 0 fully saturated rings. The van der Waals surface area contributed by atoms with Crippen LogP contribution < -0.4 is 9.47 Å². The predicted octanol–water partition coefficient (Wildman–Crippen LogP) is 5.92. The SMILES string of the molecule is O=S(=O)(c1ccc(O)cc1)c1ccccc1OCc1ccccc1COc1ccccc1S(=O)(=O)c1ccc(O)cc1. The average molecular weight is 603 g/mol. The van der Waals surface area contributed by atoms with Crippen molar-refractivity contribution >= 4 is 19.7 Å². The summed E-state index contributed by atoms with van der Waals surface area (Å²) in [7, 11) is -7.85. The van der Waals surface area contributed by atoms with Crippen LogP contribution in [0.4, 0.5) is 0 Å². The normalized spacial score (nSPS) is 11.6. The van der Waals surface area contributed by atoms with Gasteiger partial charge in [0.25, 0.3) is 0 Å². The van der Waals surface area contributed by atoms with E-state index in [1.165, 1.54) is 60.7 Å². The Bertz CT molecular complexity index is 1770. The Morgan fingerprint density at radius 2 is 0.786 bits per heavy atom. The molecule has 10 heteroatoms. The molecule has 5 aromatic carbocycles. The van der Waals surface area contributed by atoms with Crippen molar-refractivity contribution in [1.29, 1.82) is 0 Å². The maximum atomic E-state index is 13.3. The lowest BCUT2D eigenvalue weighted by molar-refractivity contribution is 0.278. The average Bonchev–Trinajstić information content (AvgIpc) is 3.00. The predicted molar refractivity (Wildman–Crippen MR) is 155 cm³/mol. The zero-order valence-corrected chi connectivity index (χ0v) is 23.8. The van der Waals surface area contributed by atoms with Crippen LogP contribution in [0.15, 0.2) is 141 Å². The number of aromatic hydroxyl groups is 2. The molecule has 5 aromatic rings. The summed E-state index contributed by atoms with van der Waals surface area (Å²) in [6, 6.07) is 30.4. The third kappa shape index (κ3) is 6.09. The number of benzene rings is 5. The largest absolute Gasteiger partial charge is 0.508 e. The minimum atomic E-state index is -3.92. The molecule has 0 bridgehead atoms. The molecule has 0 aliphatic heterocycles. The fourth-order valence-electron chi connectivity index (χ4n) is 4.24. The second-order valence-electron chi connectivity index (χ2n) is 9.23. The summed E-state index contributed by atoms with van der Waals surface area (Å²) in [5.41, 5.74) is 1.43. The van der Waals surface area contributed by atoms with Gasteiger partial charge in [0.15, 0.2) is 0 Å². The molecule has 0 aromatic heterocycles. The highest BCUT2D eigenvalue weighted by atomic mass is 32.2. The topological polar surface area (TPSA) is 127 Å². The second kappa shape index (κ2) is 12.0. The van der Waals surface area contributed by atoms with Crippen molar-refractivity contribution < 1.29 is 36.5 Å². The molecule has 0 atom stereocenters. The van der Waals surface area contributed by atoms with Gasteiger partial charge >= 0.3 is 0 Å². The molecule has 42 heavy (non-hydrogen) atoms. The summed E-state index contributed by atoms with van der Waals surface area (Å²) < 4.78 is 65.2. The highest BCUT2D eigenvalue weighted by Crippen LogP contribution is 2.32. The highest BCUT2D eigenvalue weighted by molar-refractivity contribution is 7.92. The second-order valence-corrected chi connectivity index (χ2v) is 13.1. The van der Waals surface area contributed by atoms with Gasteiger partial charge in [-0.15, -0.1) is 0 Å². The fraction of sp³-hybridized carbons (Fsp3) is 0.0625. The summed E-state index contributed by atoms with van der Waals surface area (Å²) in [6.45, 7) is 0.0458.